The Kier molecular flexibility index (Phi) is 4.65. The van der Waals surface area contributed by atoms with Crippen molar-refractivity contribution in [1.82, 2.24) is 5.32 Å². The number of para-hydroxylation sites is 1. The zero-order valence-corrected chi connectivity index (χ0v) is 13.4. The summed E-state index contributed by atoms with van der Waals surface area (Å²) in [5.74, 6) is 0.0169. The Morgan fingerprint density at radius 3 is 2.83 bits per heavy atom. The first-order valence-electron chi connectivity index (χ1n) is 7.21. The maximum atomic E-state index is 12.5. The van der Waals surface area contributed by atoms with Crippen LogP contribution in [-0.2, 0) is 17.9 Å². The molecule has 1 aromatic heterocycles. The van der Waals surface area contributed by atoms with E-state index in [0.29, 0.717) is 23.8 Å². The van der Waals surface area contributed by atoms with Crippen LogP contribution in [0.25, 0.3) is 11.0 Å². The number of ether oxygens (including phenoxy) is 1. The zero-order valence-electron chi connectivity index (χ0n) is 12.6. The van der Waals surface area contributed by atoms with Gasteiger partial charge in [-0.25, -0.2) is 0 Å². The number of furan rings is 1. The summed E-state index contributed by atoms with van der Waals surface area (Å²) in [6.07, 6.45) is 0. The van der Waals surface area contributed by atoms with Gasteiger partial charge in [0, 0.05) is 29.6 Å². The molecule has 0 saturated carbocycles. The van der Waals surface area contributed by atoms with Crippen molar-refractivity contribution in [2.45, 2.75) is 13.2 Å². The molecule has 0 atom stereocenters. The molecular weight excluding hydrogens is 314 g/mol. The highest BCUT2D eigenvalue weighted by molar-refractivity contribution is 6.30. The van der Waals surface area contributed by atoms with E-state index in [0.717, 1.165) is 16.5 Å². The summed E-state index contributed by atoms with van der Waals surface area (Å²) in [5.41, 5.74) is 2.36. The zero-order chi connectivity index (χ0) is 16.2. The van der Waals surface area contributed by atoms with Crippen molar-refractivity contribution in [3.05, 3.63) is 70.4 Å². The maximum absolute atomic E-state index is 12.5. The number of hydrogen-bond donors (Lipinski definition) is 1. The van der Waals surface area contributed by atoms with E-state index in [1.165, 1.54) is 0 Å². The summed E-state index contributed by atoms with van der Waals surface area (Å²) in [6.45, 7) is 0.694. The van der Waals surface area contributed by atoms with Crippen molar-refractivity contribution < 1.29 is 13.9 Å². The second-order valence-corrected chi connectivity index (χ2v) is 5.59. The van der Waals surface area contributed by atoms with Crippen LogP contribution in [0.1, 0.15) is 21.7 Å². The third kappa shape index (κ3) is 3.38. The fourth-order valence-electron chi connectivity index (χ4n) is 2.48. The van der Waals surface area contributed by atoms with Crippen molar-refractivity contribution in [3.8, 4) is 0 Å². The summed E-state index contributed by atoms with van der Waals surface area (Å²) in [6, 6.07) is 14.9. The minimum absolute atomic E-state index is 0.270. The molecule has 3 aromatic rings. The number of carbonyl (C=O) groups excluding carboxylic acids is 1. The topological polar surface area (TPSA) is 51.5 Å². The normalized spacial score (nSPS) is 10.9. The van der Waals surface area contributed by atoms with Gasteiger partial charge in [-0.15, -0.1) is 0 Å². The number of fused-ring (bicyclic) bond motifs is 1. The summed E-state index contributed by atoms with van der Waals surface area (Å²) in [4.78, 5) is 12.5. The molecule has 0 aliphatic carbocycles. The van der Waals surface area contributed by atoms with Crippen LogP contribution in [0.5, 0.6) is 0 Å². The van der Waals surface area contributed by atoms with Crippen LogP contribution in [0, 0.1) is 0 Å². The van der Waals surface area contributed by atoms with Gasteiger partial charge in [-0.2, -0.15) is 0 Å². The lowest BCUT2D eigenvalue weighted by Gasteiger charge is -2.05. The van der Waals surface area contributed by atoms with Crippen LogP contribution >= 0.6 is 11.6 Å². The van der Waals surface area contributed by atoms with Crippen molar-refractivity contribution in [2.75, 3.05) is 7.11 Å². The average molecular weight is 330 g/mol. The van der Waals surface area contributed by atoms with E-state index in [1.807, 2.05) is 42.5 Å². The quantitative estimate of drug-likeness (QED) is 0.764. The molecule has 1 amide bonds. The van der Waals surface area contributed by atoms with Gasteiger partial charge in [-0.1, -0.05) is 41.9 Å². The molecule has 0 aliphatic rings. The number of carbonyl (C=O) groups is 1. The van der Waals surface area contributed by atoms with Crippen LogP contribution in [0.4, 0.5) is 0 Å². The van der Waals surface area contributed by atoms with Crippen molar-refractivity contribution in [3.63, 3.8) is 0 Å². The molecule has 0 saturated heterocycles. The molecule has 4 nitrogen and oxygen atoms in total. The number of rotatable bonds is 5. The van der Waals surface area contributed by atoms with Crippen LogP contribution in [0.15, 0.2) is 52.9 Å². The van der Waals surface area contributed by atoms with Gasteiger partial charge in [0.2, 0.25) is 0 Å². The Labute approximate surface area is 139 Å². The fourth-order valence-corrected chi connectivity index (χ4v) is 2.69. The highest BCUT2D eigenvalue weighted by Crippen LogP contribution is 2.26. The van der Waals surface area contributed by atoms with Gasteiger partial charge in [0.15, 0.2) is 5.76 Å². The van der Waals surface area contributed by atoms with E-state index in [2.05, 4.69) is 5.32 Å². The Bertz CT molecular complexity index is 841. The largest absolute Gasteiger partial charge is 0.451 e. The summed E-state index contributed by atoms with van der Waals surface area (Å²) < 4.78 is 10.9. The lowest BCUT2D eigenvalue weighted by atomic mass is 10.1. The van der Waals surface area contributed by atoms with Gasteiger partial charge < -0.3 is 14.5 Å². The van der Waals surface area contributed by atoms with Gasteiger partial charge in [-0.05, 0) is 23.8 Å². The van der Waals surface area contributed by atoms with Crippen LogP contribution < -0.4 is 5.32 Å². The van der Waals surface area contributed by atoms with Crippen molar-refractivity contribution in [1.29, 1.82) is 0 Å². The van der Waals surface area contributed by atoms with E-state index < -0.39 is 0 Å². The van der Waals surface area contributed by atoms with Gasteiger partial charge in [-0.3, -0.25) is 4.79 Å². The molecule has 1 N–H and O–H groups in total. The number of nitrogens with one attached hydrogen (secondary N) is 1. The van der Waals surface area contributed by atoms with Crippen LogP contribution in [-0.4, -0.2) is 13.0 Å². The van der Waals surface area contributed by atoms with Crippen molar-refractivity contribution >= 4 is 28.5 Å². The second kappa shape index (κ2) is 6.86. The molecule has 23 heavy (non-hydrogen) atoms. The minimum atomic E-state index is -0.270. The third-order valence-electron chi connectivity index (χ3n) is 3.54. The number of amides is 1. The van der Waals surface area contributed by atoms with Gasteiger partial charge >= 0.3 is 0 Å². The monoisotopic (exact) mass is 329 g/mol. The number of methoxy groups -OCH3 is 1. The summed E-state index contributed by atoms with van der Waals surface area (Å²) >= 11 is 5.95. The molecule has 1 heterocycles. The highest BCUT2D eigenvalue weighted by Gasteiger charge is 2.20. The Morgan fingerprint density at radius 2 is 2.04 bits per heavy atom. The van der Waals surface area contributed by atoms with Gasteiger partial charge in [0.05, 0.1) is 6.61 Å². The molecule has 118 valence electrons. The maximum Gasteiger partial charge on any atom is 0.287 e. The lowest BCUT2D eigenvalue weighted by Crippen LogP contribution is -2.23. The smallest absolute Gasteiger partial charge is 0.287 e. The van der Waals surface area contributed by atoms with E-state index in [9.17, 15) is 4.79 Å². The molecule has 0 fully saturated rings. The molecule has 2 aromatic carbocycles. The first-order valence-corrected chi connectivity index (χ1v) is 7.59. The third-order valence-corrected chi connectivity index (χ3v) is 3.77. The average Bonchev–Trinajstić information content (AvgIpc) is 2.92. The highest BCUT2D eigenvalue weighted by atomic mass is 35.5. The minimum Gasteiger partial charge on any atom is -0.451 e. The first kappa shape index (κ1) is 15.6. The summed E-state index contributed by atoms with van der Waals surface area (Å²) in [5, 5.41) is 4.39. The molecule has 5 heteroatoms. The predicted octanol–water partition coefficient (Wildman–Crippen LogP) is 4.16. The number of hydrogen-bond acceptors (Lipinski definition) is 3. The molecule has 0 unspecified atom stereocenters. The SMILES string of the molecule is COCc1c(C(=O)NCc2cccc(Cl)c2)oc2ccccc12. The van der Waals surface area contributed by atoms with Crippen LogP contribution in [0.2, 0.25) is 5.02 Å². The lowest BCUT2D eigenvalue weighted by molar-refractivity contribution is 0.0918. The van der Waals surface area contributed by atoms with Crippen LogP contribution in [0.3, 0.4) is 0 Å². The Morgan fingerprint density at radius 1 is 1.22 bits per heavy atom. The fraction of sp³-hybridized carbons (Fsp3) is 0.167. The molecule has 0 bridgehead atoms. The standard InChI is InChI=1S/C18H16ClNO3/c1-22-11-15-14-7-2-3-8-16(14)23-17(15)18(21)20-10-12-5-4-6-13(19)9-12/h2-9H,10-11H2,1H3,(H,20,21). The molecular formula is C18H16ClNO3. The number of benzene rings is 2. The Balaban J connectivity index is 1.84. The molecule has 3 rings (SSSR count). The Hall–Kier alpha value is -2.30. The van der Waals surface area contributed by atoms with Gasteiger partial charge in [0.25, 0.3) is 5.91 Å². The molecule has 0 spiro atoms. The second-order valence-electron chi connectivity index (χ2n) is 5.15. The predicted molar refractivity (Wildman–Crippen MR) is 89.5 cm³/mol. The van der Waals surface area contributed by atoms with E-state index in [1.54, 1.807) is 13.2 Å². The van der Waals surface area contributed by atoms with E-state index in [4.69, 9.17) is 20.8 Å². The van der Waals surface area contributed by atoms with E-state index in [-0.39, 0.29) is 11.7 Å². The van der Waals surface area contributed by atoms with E-state index >= 15 is 0 Å². The van der Waals surface area contributed by atoms with Gasteiger partial charge in [0.1, 0.15) is 5.58 Å². The summed E-state index contributed by atoms with van der Waals surface area (Å²) in [7, 11) is 1.59. The van der Waals surface area contributed by atoms with Crippen molar-refractivity contribution in [2.24, 2.45) is 0 Å². The molecule has 0 aliphatic heterocycles. The first-order chi connectivity index (χ1) is 11.2. The number of halogens is 1. The molecule has 0 radical (unpaired) electrons.